The summed E-state index contributed by atoms with van der Waals surface area (Å²) >= 11 is 2.81. The van der Waals surface area contributed by atoms with Crippen molar-refractivity contribution >= 4 is 61.3 Å². The molecule has 0 radical (unpaired) electrons. The number of fused-ring (bicyclic) bond motifs is 1. The SMILES string of the molecule is FC(F)(F)c1ccc(-c2ccc(-c3nc4sc(-c5ccc(-c6ccc(C(F)(F)F)cc6)[se]5)nc4s3)[se]2)cc1. The molecule has 0 aliphatic rings. The molecule has 0 saturated carbocycles. The van der Waals surface area contributed by atoms with Crippen molar-refractivity contribution in [3.8, 4) is 38.9 Å². The van der Waals surface area contributed by atoms with Gasteiger partial charge in [0.2, 0.25) is 0 Å². The van der Waals surface area contributed by atoms with E-state index in [1.165, 1.54) is 46.9 Å². The Morgan fingerprint density at radius 1 is 0.474 bits per heavy atom. The summed E-state index contributed by atoms with van der Waals surface area (Å²) in [5, 5.41) is 1.72. The number of benzene rings is 2. The summed E-state index contributed by atoms with van der Waals surface area (Å²) in [6.07, 6.45) is -8.71. The number of hydrogen-bond donors (Lipinski definition) is 0. The number of halogens is 6. The first-order valence-electron chi connectivity index (χ1n) is 10.9. The van der Waals surface area contributed by atoms with Crippen LogP contribution in [0.5, 0.6) is 0 Å². The van der Waals surface area contributed by atoms with Crippen LogP contribution in [0.1, 0.15) is 11.1 Å². The van der Waals surface area contributed by atoms with Gasteiger partial charge in [0.15, 0.2) is 0 Å². The van der Waals surface area contributed by atoms with Crippen molar-refractivity contribution in [2.24, 2.45) is 0 Å². The van der Waals surface area contributed by atoms with Crippen LogP contribution in [0.25, 0.3) is 48.6 Å². The Kier molecular flexibility index (Phi) is 6.53. The summed E-state index contributed by atoms with van der Waals surface area (Å²) in [6.45, 7) is 0. The molecule has 38 heavy (non-hydrogen) atoms. The van der Waals surface area contributed by atoms with E-state index in [-0.39, 0.29) is 29.0 Å². The van der Waals surface area contributed by atoms with Crippen LogP contribution in [-0.2, 0) is 12.4 Å². The third-order valence-electron chi connectivity index (χ3n) is 5.60. The maximum absolute atomic E-state index is 12.9. The van der Waals surface area contributed by atoms with E-state index in [0.717, 1.165) is 72.8 Å². The van der Waals surface area contributed by atoms with E-state index in [1.807, 2.05) is 24.3 Å². The number of rotatable bonds is 4. The Hall–Kier alpha value is -2.46. The van der Waals surface area contributed by atoms with Crippen molar-refractivity contribution in [1.29, 1.82) is 0 Å². The van der Waals surface area contributed by atoms with Gasteiger partial charge in [-0.1, -0.05) is 0 Å². The maximum atomic E-state index is 12.9. The van der Waals surface area contributed by atoms with Gasteiger partial charge in [0.25, 0.3) is 0 Å². The molecule has 0 aliphatic carbocycles. The van der Waals surface area contributed by atoms with Crippen LogP contribution in [0.2, 0.25) is 0 Å². The van der Waals surface area contributed by atoms with E-state index in [0.29, 0.717) is 0 Å². The van der Waals surface area contributed by atoms with Crippen molar-refractivity contribution < 1.29 is 26.3 Å². The molecule has 2 aromatic carbocycles. The first kappa shape index (κ1) is 25.8. The first-order valence-corrected chi connectivity index (χ1v) is 15.9. The number of thiazole rings is 2. The molecule has 0 atom stereocenters. The Balaban J connectivity index is 1.21. The molecule has 6 aromatic rings. The predicted octanol–water partition coefficient (Wildman–Crippen LogP) is 8.57. The molecule has 4 aromatic heterocycles. The molecule has 0 fully saturated rings. The summed E-state index contributed by atoms with van der Waals surface area (Å²) in [4.78, 5) is 11.2. The van der Waals surface area contributed by atoms with Crippen molar-refractivity contribution in [3.63, 3.8) is 0 Å². The van der Waals surface area contributed by atoms with Gasteiger partial charge in [0, 0.05) is 0 Å². The molecule has 4 heterocycles. The zero-order chi connectivity index (χ0) is 26.7. The summed E-state index contributed by atoms with van der Waals surface area (Å²) in [7, 11) is 0. The molecular weight excluding hydrogens is 676 g/mol. The Morgan fingerprint density at radius 3 is 1.16 bits per heavy atom. The van der Waals surface area contributed by atoms with Crippen LogP contribution >= 0.6 is 22.7 Å². The van der Waals surface area contributed by atoms with Crippen LogP contribution in [0.15, 0.2) is 72.8 Å². The number of alkyl halides is 6. The van der Waals surface area contributed by atoms with E-state index < -0.39 is 23.5 Å². The van der Waals surface area contributed by atoms with E-state index >= 15 is 0 Å². The van der Waals surface area contributed by atoms with Crippen LogP contribution in [0.3, 0.4) is 0 Å². The molecule has 2 nitrogen and oxygen atoms in total. The molecule has 0 spiro atoms. The van der Waals surface area contributed by atoms with Crippen molar-refractivity contribution in [2.45, 2.75) is 12.4 Å². The van der Waals surface area contributed by atoms with Gasteiger partial charge in [-0.05, 0) is 0 Å². The monoisotopic (exact) mass is 690 g/mol. The van der Waals surface area contributed by atoms with Gasteiger partial charge in [-0.2, -0.15) is 0 Å². The molecule has 0 saturated heterocycles. The fourth-order valence-corrected chi connectivity index (χ4v) is 10.3. The Bertz CT molecular complexity index is 1580. The standard InChI is InChI=1S/C26H12F6N2S2Se2/c27-25(28,29)15-5-1-13(2-6-15)17-9-11-19(37-17)21-33-23-24(35-21)34-22(36-23)20-12-10-18(38-20)14-3-7-16(8-4-14)26(30,31)32/h1-12H. The summed E-state index contributed by atoms with van der Waals surface area (Å²) in [5.74, 6) is 0. The zero-order valence-corrected chi connectivity index (χ0v) is 23.8. The molecule has 12 heteroatoms. The number of aromatic nitrogens is 2. The molecule has 192 valence electrons. The summed E-state index contributed by atoms with van der Waals surface area (Å²) in [5.41, 5.74) is 0.218. The van der Waals surface area contributed by atoms with E-state index in [9.17, 15) is 26.3 Å². The van der Waals surface area contributed by atoms with Gasteiger partial charge in [0.1, 0.15) is 0 Å². The third kappa shape index (κ3) is 5.09. The second-order valence-electron chi connectivity index (χ2n) is 8.13. The Labute approximate surface area is 231 Å². The van der Waals surface area contributed by atoms with Gasteiger partial charge in [-0.25, -0.2) is 0 Å². The van der Waals surface area contributed by atoms with E-state index in [2.05, 4.69) is 0 Å². The third-order valence-corrected chi connectivity index (χ3v) is 13.1. The zero-order valence-electron chi connectivity index (χ0n) is 18.7. The average Bonchev–Trinajstić information content (AvgIpc) is 3.66. The van der Waals surface area contributed by atoms with E-state index in [4.69, 9.17) is 9.97 Å². The van der Waals surface area contributed by atoms with Gasteiger partial charge in [-0.3, -0.25) is 0 Å². The first-order chi connectivity index (χ1) is 18.0. The van der Waals surface area contributed by atoms with Crippen molar-refractivity contribution in [1.82, 2.24) is 9.97 Å². The molecule has 0 amide bonds. The molecule has 6 rings (SSSR count). The fraction of sp³-hybridized carbons (Fsp3) is 0.0769. The Morgan fingerprint density at radius 2 is 0.816 bits per heavy atom. The van der Waals surface area contributed by atoms with Gasteiger partial charge < -0.3 is 0 Å². The molecule has 0 aliphatic heterocycles. The second-order valence-corrected chi connectivity index (χ2v) is 14.6. The quantitative estimate of drug-likeness (QED) is 0.137. The minimum atomic E-state index is -4.36. The van der Waals surface area contributed by atoms with Crippen LogP contribution in [-0.4, -0.2) is 39.0 Å². The van der Waals surface area contributed by atoms with Crippen LogP contribution in [0.4, 0.5) is 26.3 Å². The fourth-order valence-electron chi connectivity index (χ4n) is 3.72. The molecule has 0 N–H and O–H groups in total. The topological polar surface area (TPSA) is 25.8 Å². The summed E-state index contributed by atoms with van der Waals surface area (Å²) < 4.78 is 81.2. The number of hydrogen-bond acceptors (Lipinski definition) is 4. The number of nitrogens with zero attached hydrogens (tertiary/aromatic N) is 2. The van der Waals surface area contributed by atoms with E-state index in [1.54, 1.807) is 0 Å². The van der Waals surface area contributed by atoms with Gasteiger partial charge >= 0.3 is 233 Å². The van der Waals surface area contributed by atoms with Gasteiger partial charge in [-0.15, -0.1) is 0 Å². The van der Waals surface area contributed by atoms with Crippen LogP contribution < -0.4 is 0 Å². The normalized spacial score (nSPS) is 12.5. The van der Waals surface area contributed by atoms with Crippen LogP contribution in [0, 0.1) is 0 Å². The second kappa shape index (κ2) is 9.62. The summed E-state index contributed by atoms with van der Waals surface area (Å²) in [6, 6.07) is 18.3. The molecule has 0 unspecified atom stereocenters. The van der Waals surface area contributed by atoms with Crippen molar-refractivity contribution in [3.05, 3.63) is 83.9 Å². The predicted molar refractivity (Wildman–Crippen MR) is 141 cm³/mol. The van der Waals surface area contributed by atoms with Gasteiger partial charge in [0.05, 0.1) is 0 Å². The molecule has 0 bridgehead atoms. The molecular formula is C26H12F6N2S2Se2. The van der Waals surface area contributed by atoms with Crippen molar-refractivity contribution in [2.75, 3.05) is 0 Å². The average molecular weight is 688 g/mol. The minimum absolute atomic E-state index is 0.0832.